The van der Waals surface area contributed by atoms with Gasteiger partial charge in [-0.2, -0.15) is 0 Å². The molecule has 0 aliphatic rings. The number of fused-ring (bicyclic) bond motifs is 1. The van der Waals surface area contributed by atoms with Crippen molar-refractivity contribution in [1.29, 1.82) is 0 Å². The fourth-order valence-corrected chi connectivity index (χ4v) is 2.27. The molecule has 94 valence electrons. The molecule has 0 fully saturated rings. The molecule has 1 aromatic carbocycles. The number of carbonyl (C=O) groups excluding carboxylic acids is 1. The summed E-state index contributed by atoms with van der Waals surface area (Å²) in [7, 11) is 0. The van der Waals surface area contributed by atoms with E-state index in [1.807, 2.05) is 49.5 Å². The van der Waals surface area contributed by atoms with Crippen molar-refractivity contribution in [3.8, 4) is 0 Å². The van der Waals surface area contributed by atoms with Crippen LogP contribution >= 0.6 is 0 Å². The van der Waals surface area contributed by atoms with Gasteiger partial charge in [0.2, 0.25) is 0 Å². The van der Waals surface area contributed by atoms with Gasteiger partial charge in [0.1, 0.15) is 6.29 Å². The van der Waals surface area contributed by atoms with Crippen LogP contribution in [-0.2, 0) is 6.54 Å². The number of aldehydes is 1. The number of rotatable bonds is 3. The van der Waals surface area contributed by atoms with Gasteiger partial charge in [0.05, 0.1) is 12.2 Å². The van der Waals surface area contributed by atoms with Crippen LogP contribution in [0.25, 0.3) is 10.9 Å². The number of aromatic nitrogens is 2. The molecule has 2 heterocycles. The van der Waals surface area contributed by atoms with E-state index >= 15 is 0 Å². The van der Waals surface area contributed by atoms with Crippen molar-refractivity contribution >= 4 is 17.2 Å². The molecule has 2 aromatic heterocycles. The zero-order valence-corrected chi connectivity index (χ0v) is 10.7. The summed E-state index contributed by atoms with van der Waals surface area (Å²) in [4.78, 5) is 15.4. The summed E-state index contributed by atoms with van der Waals surface area (Å²) in [6.45, 7) is 2.70. The Bertz CT molecular complexity index is 743. The first-order chi connectivity index (χ1) is 9.26. The Kier molecular flexibility index (Phi) is 2.88. The van der Waals surface area contributed by atoms with Gasteiger partial charge in [0.15, 0.2) is 0 Å². The second-order valence-corrected chi connectivity index (χ2v) is 4.65. The van der Waals surface area contributed by atoms with Crippen molar-refractivity contribution in [1.82, 2.24) is 9.55 Å². The molecule has 0 aliphatic carbocycles. The Morgan fingerprint density at radius 3 is 2.89 bits per heavy atom. The molecule has 0 amide bonds. The van der Waals surface area contributed by atoms with Gasteiger partial charge in [0, 0.05) is 23.0 Å². The van der Waals surface area contributed by atoms with Crippen LogP contribution in [0, 0.1) is 6.92 Å². The van der Waals surface area contributed by atoms with E-state index in [0.29, 0.717) is 12.1 Å². The van der Waals surface area contributed by atoms with Crippen LogP contribution in [0.2, 0.25) is 0 Å². The number of aryl methyl sites for hydroxylation is 1. The molecule has 0 aliphatic heterocycles. The van der Waals surface area contributed by atoms with E-state index in [1.165, 1.54) is 0 Å². The lowest BCUT2D eigenvalue weighted by Gasteiger charge is -2.06. The lowest BCUT2D eigenvalue weighted by Crippen LogP contribution is -2.01. The lowest BCUT2D eigenvalue weighted by atomic mass is 10.2. The van der Waals surface area contributed by atoms with Gasteiger partial charge >= 0.3 is 0 Å². The largest absolute Gasteiger partial charge is 0.341 e. The van der Waals surface area contributed by atoms with Crippen molar-refractivity contribution in [3.63, 3.8) is 0 Å². The van der Waals surface area contributed by atoms with Gasteiger partial charge in [-0.1, -0.05) is 18.2 Å². The van der Waals surface area contributed by atoms with E-state index in [1.54, 1.807) is 0 Å². The minimum Gasteiger partial charge on any atom is -0.341 e. The van der Waals surface area contributed by atoms with E-state index in [2.05, 4.69) is 15.6 Å². The van der Waals surface area contributed by atoms with Gasteiger partial charge in [0.25, 0.3) is 0 Å². The summed E-state index contributed by atoms with van der Waals surface area (Å²) in [6, 6.07) is 13.8. The van der Waals surface area contributed by atoms with Crippen LogP contribution < -0.4 is 0 Å². The van der Waals surface area contributed by atoms with Crippen LogP contribution in [0.3, 0.4) is 0 Å². The van der Waals surface area contributed by atoms with Crippen LogP contribution in [-0.4, -0.2) is 15.8 Å². The highest BCUT2D eigenvalue weighted by atomic mass is 16.1. The SMILES string of the molecule is Cc1cccc(Cn2ccc3ccc(C=O)cc32)n1. The van der Waals surface area contributed by atoms with Crippen molar-refractivity contribution in [3.05, 3.63) is 65.6 Å². The van der Waals surface area contributed by atoms with Crippen LogP contribution in [0.4, 0.5) is 0 Å². The highest BCUT2D eigenvalue weighted by Gasteiger charge is 2.04. The number of hydrogen-bond donors (Lipinski definition) is 0. The standard InChI is InChI=1S/C16H14N2O/c1-12-3-2-4-15(17-12)10-18-8-7-14-6-5-13(11-19)9-16(14)18/h2-9,11H,10H2,1H3. The summed E-state index contributed by atoms with van der Waals surface area (Å²) in [6.07, 6.45) is 2.91. The maximum absolute atomic E-state index is 10.9. The average Bonchev–Trinajstić information content (AvgIpc) is 2.81. The smallest absolute Gasteiger partial charge is 0.150 e. The van der Waals surface area contributed by atoms with Crippen molar-refractivity contribution in [2.75, 3.05) is 0 Å². The normalized spacial score (nSPS) is 10.8. The molecule has 3 rings (SSSR count). The van der Waals surface area contributed by atoms with Crippen LogP contribution in [0.1, 0.15) is 21.7 Å². The maximum atomic E-state index is 10.9. The highest BCUT2D eigenvalue weighted by molar-refractivity contribution is 5.87. The number of nitrogens with zero attached hydrogens (tertiary/aromatic N) is 2. The van der Waals surface area contributed by atoms with E-state index in [9.17, 15) is 4.79 Å². The lowest BCUT2D eigenvalue weighted by molar-refractivity contribution is 0.112. The molecule has 0 atom stereocenters. The van der Waals surface area contributed by atoms with E-state index in [0.717, 1.165) is 28.6 Å². The highest BCUT2D eigenvalue weighted by Crippen LogP contribution is 2.18. The van der Waals surface area contributed by atoms with Gasteiger partial charge < -0.3 is 4.57 Å². The van der Waals surface area contributed by atoms with E-state index in [-0.39, 0.29) is 0 Å². The minimum atomic E-state index is 0.699. The molecule has 0 saturated heterocycles. The number of carbonyl (C=O) groups is 1. The predicted octanol–water partition coefficient (Wildman–Crippen LogP) is 3.21. The molecule has 0 N–H and O–H groups in total. The van der Waals surface area contributed by atoms with Crippen molar-refractivity contribution < 1.29 is 4.79 Å². The second-order valence-electron chi connectivity index (χ2n) is 4.65. The first kappa shape index (κ1) is 11.7. The molecule has 19 heavy (non-hydrogen) atoms. The third-order valence-corrected chi connectivity index (χ3v) is 3.21. The van der Waals surface area contributed by atoms with Gasteiger partial charge in [-0.05, 0) is 36.6 Å². The van der Waals surface area contributed by atoms with Crippen LogP contribution in [0.15, 0.2) is 48.7 Å². The number of hydrogen-bond acceptors (Lipinski definition) is 2. The molecular weight excluding hydrogens is 236 g/mol. The van der Waals surface area contributed by atoms with E-state index in [4.69, 9.17) is 0 Å². The summed E-state index contributed by atoms with van der Waals surface area (Å²) < 4.78 is 2.12. The molecular formula is C16H14N2O. The Hall–Kier alpha value is -2.42. The molecule has 3 aromatic rings. The summed E-state index contributed by atoms with van der Waals surface area (Å²) in [5.41, 5.74) is 3.80. The zero-order valence-electron chi connectivity index (χ0n) is 10.7. The quantitative estimate of drug-likeness (QED) is 0.669. The number of benzene rings is 1. The first-order valence-corrected chi connectivity index (χ1v) is 6.23. The first-order valence-electron chi connectivity index (χ1n) is 6.23. The van der Waals surface area contributed by atoms with Gasteiger partial charge in [-0.15, -0.1) is 0 Å². The van der Waals surface area contributed by atoms with Gasteiger partial charge in [-0.3, -0.25) is 9.78 Å². The second kappa shape index (κ2) is 4.69. The molecule has 0 spiro atoms. The molecule has 3 heteroatoms. The predicted molar refractivity (Wildman–Crippen MR) is 75.4 cm³/mol. The Labute approximate surface area is 111 Å². The average molecular weight is 250 g/mol. The zero-order chi connectivity index (χ0) is 13.2. The van der Waals surface area contributed by atoms with Gasteiger partial charge in [-0.25, -0.2) is 0 Å². The topological polar surface area (TPSA) is 34.9 Å². The molecule has 0 saturated carbocycles. The Balaban J connectivity index is 2.03. The molecule has 3 nitrogen and oxygen atoms in total. The Morgan fingerprint density at radius 1 is 1.21 bits per heavy atom. The third kappa shape index (κ3) is 2.27. The van der Waals surface area contributed by atoms with E-state index < -0.39 is 0 Å². The minimum absolute atomic E-state index is 0.699. The van der Waals surface area contributed by atoms with Crippen molar-refractivity contribution in [2.24, 2.45) is 0 Å². The molecule has 0 unspecified atom stereocenters. The maximum Gasteiger partial charge on any atom is 0.150 e. The number of pyridine rings is 1. The fourth-order valence-electron chi connectivity index (χ4n) is 2.27. The van der Waals surface area contributed by atoms with Crippen molar-refractivity contribution in [2.45, 2.75) is 13.5 Å². The fraction of sp³-hybridized carbons (Fsp3) is 0.125. The summed E-state index contributed by atoms with van der Waals surface area (Å²) >= 11 is 0. The van der Waals surface area contributed by atoms with Crippen LogP contribution in [0.5, 0.6) is 0 Å². The molecule has 0 bridgehead atoms. The Morgan fingerprint density at radius 2 is 2.11 bits per heavy atom. The summed E-state index contributed by atoms with van der Waals surface area (Å²) in [5, 5.41) is 1.14. The monoisotopic (exact) mass is 250 g/mol. The third-order valence-electron chi connectivity index (χ3n) is 3.21. The molecule has 0 radical (unpaired) electrons. The summed E-state index contributed by atoms with van der Waals surface area (Å²) in [5.74, 6) is 0.